The minimum Gasteiger partial charge on any atom is -0.492 e. The van der Waals surface area contributed by atoms with Crippen LogP contribution in [0.25, 0.3) is 0 Å². The Labute approximate surface area is 191 Å². The van der Waals surface area contributed by atoms with Gasteiger partial charge in [-0.25, -0.2) is 13.1 Å². The van der Waals surface area contributed by atoms with Crippen LogP contribution >= 0.6 is 0 Å². The van der Waals surface area contributed by atoms with E-state index in [1.165, 1.54) is 0 Å². The van der Waals surface area contributed by atoms with Crippen LogP contribution in [0.4, 0.5) is 5.69 Å². The molecule has 2 aromatic carbocycles. The molecule has 2 aromatic rings. The summed E-state index contributed by atoms with van der Waals surface area (Å²) in [7, 11) is -3.63. The molecule has 0 aliphatic carbocycles. The van der Waals surface area contributed by atoms with Crippen molar-refractivity contribution in [2.75, 3.05) is 44.2 Å². The second kappa shape index (κ2) is 10.8. The molecule has 0 spiro atoms. The average Bonchev–Trinajstić information content (AvgIpc) is 2.79. The Kier molecular flexibility index (Phi) is 8.15. The Morgan fingerprint density at radius 1 is 1.03 bits per heavy atom. The first-order valence-corrected chi connectivity index (χ1v) is 12.6. The summed E-state index contributed by atoms with van der Waals surface area (Å²) in [5, 5.41) is 0. The zero-order valence-electron chi connectivity index (χ0n) is 19.1. The number of ether oxygens (including phenoxy) is 1. The number of nitrogens with zero attached hydrogens (tertiary/aromatic N) is 2. The molecule has 1 aliphatic heterocycles. The highest BCUT2D eigenvalue weighted by atomic mass is 32.2. The first-order chi connectivity index (χ1) is 15.3. The van der Waals surface area contributed by atoms with Crippen molar-refractivity contribution in [1.29, 1.82) is 0 Å². The van der Waals surface area contributed by atoms with Gasteiger partial charge in [-0.15, -0.1) is 0 Å². The molecule has 32 heavy (non-hydrogen) atoms. The number of rotatable bonds is 9. The third-order valence-corrected chi connectivity index (χ3v) is 7.10. The Hall–Kier alpha value is -2.58. The van der Waals surface area contributed by atoms with E-state index in [1.54, 1.807) is 17.0 Å². The summed E-state index contributed by atoms with van der Waals surface area (Å²) in [5.41, 5.74) is 2.12. The molecule has 1 fully saturated rings. The van der Waals surface area contributed by atoms with Gasteiger partial charge in [0, 0.05) is 39.1 Å². The lowest BCUT2D eigenvalue weighted by Crippen LogP contribution is -2.49. The summed E-state index contributed by atoms with van der Waals surface area (Å²) < 4.78 is 33.3. The van der Waals surface area contributed by atoms with Crippen molar-refractivity contribution in [3.05, 3.63) is 54.1 Å². The van der Waals surface area contributed by atoms with Crippen LogP contribution in [-0.2, 0) is 14.8 Å². The van der Waals surface area contributed by atoms with Gasteiger partial charge in [-0.2, -0.15) is 0 Å². The smallest absolute Gasteiger partial charge is 0.240 e. The van der Waals surface area contributed by atoms with E-state index in [2.05, 4.69) is 23.5 Å². The predicted molar refractivity (Wildman–Crippen MR) is 127 cm³/mol. The summed E-state index contributed by atoms with van der Waals surface area (Å²) in [5.74, 6) is 1.15. The van der Waals surface area contributed by atoms with E-state index < -0.39 is 10.0 Å². The van der Waals surface area contributed by atoms with Gasteiger partial charge in [-0.1, -0.05) is 38.1 Å². The normalized spacial score (nSPS) is 14.6. The van der Waals surface area contributed by atoms with E-state index in [0.29, 0.717) is 38.7 Å². The second-order valence-electron chi connectivity index (χ2n) is 8.14. The van der Waals surface area contributed by atoms with Gasteiger partial charge >= 0.3 is 0 Å². The van der Waals surface area contributed by atoms with E-state index in [4.69, 9.17) is 4.74 Å². The molecule has 1 saturated heterocycles. The molecule has 174 valence electrons. The van der Waals surface area contributed by atoms with Gasteiger partial charge in [0.05, 0.1) is 17.2 Å². The van der Waals surface area contributed by atoms with Crippen molar-refractivity contribution < 1.29 is 17.9 Å². The molecule has 7 nitrogen and oxygen atoms in total. The van der Waals surface area contributed by atoms with Gasteiger partial charge < -0.3 is 14.5 Å². The van der Waals surface area contributed by atoms with Crippen LogP contribution in [0.1, 0.15) is 38.7 Å². The van der Waals surface area contributed by atoms with E-state index in [-0.39, 0.29) is 23.8 Å². The maximum absolute atomic E-state index is 12.6. The van der Waals surface area contributed by atoms with Crippen molar-refractivity contribution in [2.45, 2.75) is 38.0 Å². The number of carbonyl (C=O) groups is 1. The summed E-state index contributed by atoms with van der Waals surface area (Å²) in [6.07, 6.45) is 0.138. The summed E-state index contributed by atoms with van der Waals surface area (Å²) in [6.45, 7) is 9.39. The van der Waals surface area contributed by atoms with Crippen LogP contribution in [-0.4, -0.2) is 58.6 Å². The van der Waals surface area contributed by atoms with E-state index in [0.717, 1.165) is 17.0 Å². The minimum absolute atomic E-state index is 0.0411. The lowest BCUT2D eigenvalue weighted by Gasteiger charge is -2.36. The number of amides is 1. The molecule has 0 atom stereocenters. The van der Waals surface area contributed by atoms with Gasteiger partial charge in [0.25, 0.3) is 0 Å². The van der Waals surface area contributed by atoms with Gasteiger partial charge in [0.15, 0.2) is 0 Å². The summed E-state index contributed by atoms with van der Waals surface area (Å²) in [6, 6.07) is 14.8. The first-order valence-electron chi connectivity index (χ1n) is 11.2. The number of benzene rings is 2. The maximum Gasteiger partial charge on any atom is 0.240 e. The fourth-order valence-electron chi connectivity index (χ4n) is 3.76. The molecule has 1 heterocycles. The Bertz CT molecular complexity index is 998. The SMILES string of the molecule is CCOc1ccccc1N1CCN(C(=O)CCNS(=O)(=O)c2ccc(C(C)C)cc2)CC1. The minimum atomic E-state index is -3.63. The molecule has 0 unspecified atom stereocenters. The van der Waals surface area contributed by atoms with Crippen LogP contribution in [0.15, 0.2) is 53.4 Å². The lowest BCUT2D eigenvalue weighted by molar-refractivity contribution is -0.131. The van der Waals surface area contributed by atoms with Crippen LogP contribution in [0, 0.1) is 0 Å². The largest absolute Gasteiger partial charge is 0.492 e. The average molecular weight is 460 g/mol. The molecule has 1 amide bonds. The Balaban J connectivity index is 1.48. The highest BCUT2D eigenvalue weighted by Crippen LogP contribution is 2.28. The van der Waals surface area contributed by atoms with Gasteiger partial charge in [0.2, 0.25) is 15.9 Å². The van der Waals surface area contributed by atoms with Crippen LogP contribution in [0.2, 0.25) is 0 Å². The number of carbonyl (C=O) groups excluding carboxylic acids is 1. The highest BCUT2D eigenvalue weighted by Gasteiger charge is 2.23. The van der Waals surface area contributed by atoms with Crippen molar-refractivity contribution in [1.82, 2.24) is 9.62 Å². The zero-order valence-corrected chi connectivity index (χ0v) is 19.9. The number of nitrogens with one attached hydrogen (secondary N) is 1. The van der Waals surface area contributed by atoms with Crippen molar-refractivity contribution in [2.24, 2.45) is 0 Å². The molecule has 8 heteroatoms. The van der Waals surface area contributed by atoms with Crippen molar-refractivity contribution in [3.8, 4) is 5.75 Å². The van der Waals surface area contributed by atoms with Crippen LogP contribution in [0.3, 0.4) is 0 Å². The maximum atomic E-state index is 12.6. The second-order valence-corrected chi connectivity index (χ2v) is 9.91. The predicted octanol–water partition coefficient (Wildman–Crippen LogP) is 3.23. The fraction of sp³-hybridized carbons (Fsp3) is 0.458. The fourth-order valence-corrected chi connectivity index (χ4v) is 4.79. The van der Waals surface area contributed by atoms with Crippen molar-refractivity contribution in [3.63, 3.8) is 0 Å². The first kappa shape index (κ1) is 24.1. The Morgan fingerprint density at radius 3 is 2.31 bits per heavy atom. The number of anilines is 1. The molecule has 0 aromatic heterocycles. The van der Waals surface area contributed by atoms with Gasteiger partial charge in [-0.3, -0.25) is 4.79 Å². The molecular weight excluding hydrogens is 426 g/mol. The number of piperazine rings is 1. The van der Waals surface area contributed by atoms with E-state index >= 15 is 0 Å². The molecular formula is C24H33N3O4S. The molecule has 3 rings (SSSR count). The molecule has 0 radical (unpaired) electrons. The molecule has 0 saturated carbocycles. The monoisotopic (exact) mass is 459 g/mol. The van der Waals surface area contributed by atoms with Gasteiger partial charge in [-0.05, 0) is 42.7 Å². The number of sulfonamides is 1. The zero-order chi connectivity index (χ0) is 23.1. The number of hydrogen-bond donors (Lipinski definition) is 1. The standard InChI is InChI=1S/C24H33N3O4S/c1-4-31-23-8-6-5-7-22(23)26-15-17-27(18-16-26)24(28)13-14-25-32(29,30)21-11-9-20(10-12-21)19(2)3/h5-12,19,25H,4,13-18H2,1-3H3. The third-order valence-electron chi connectivity index (χ3n) is 5.63. The molecule has 1 aliphatic rings. The van der Waals surface area contributed by atoms with Crippen LogP contribution < -0.4 is 14.4 Å². The highest BCUT2D eigenvalue weighted by molar-refractivity contribution is 7.89. The third kappa shape index (κ3) is 6.01. The lowest BCUT2D eigenvalue weighted by atomic mass is 10.0. The number of para-hydroxylation sites is 2. The molecule has 1 N–H and O–H groups in total. The number of hydrogen-bond acceptors (Lipinski definition) is 5. The quantitative estimate of drug-likeness (QED) is 0.623. The summed E-state index contributed by atoms with van der Waals surface area (Å²) >= 11 is 0. The summed E-state index contributed by atoms with van der Waals surface area (Å²) in [4.78, 5) is 16.8. The topological polar surface area (TPSA) is 79.0 Å². The van der Waals surface area contributed by atoms with Crippen LogP contribution in [0.5, 0.6) is 5.75 Å². The Morgan fingerprint density at radius 2 is 1.69 bits per heavy atom. The van der Waals surface area contributed by atoms with Gasteiger partial charge in [0.1, 0.15) is 5.75 Å². The molecule has 0 bridgehead atoms. The van der Waals surface area contributed by atoms with E-state index in [9.17, 15) is 13.2 Å². The van der Waals surface area contributed by atoms with Crippen molar-refractivity contribution >= 4 is 21.6 Å². The van der Waals surface area contributed by atoms with E-state index in [1.807, 2.05) is 43.3 Å².